The molecule has 0 spiro atoms. The van der Waals surface area contributed by atoms with Gasteiger partial charge in [-0.15, -0.1) is 0 Å². The SMILES string of the molecule is Cc1ccccc1CS(=O)(=O)CC1(CCN)CC1. The maximum Gasteiger partial charge on any atom is 0.155 e. The molecule has 3 nitrogen and oxygen atoms in total. The molecule has 2 rings (SSSR count). The highest BCUT2D eigenvalue weighted by Crippen LogP contribution is 2.49. The molecule has 0 atom stereocenters. The van der Waals surface area contributed by atoms with E-state index in [2.05, 4.69) is 0 Å². The van der Waals surface area contributed by atoms with Crippen LogP contribution in [0, 0.1) is 12.3 Å². The highest BCUT2D eigenvalue weighted by molar-refractivity contribution is 7.90. The lowest BCUT2D eigenvalue weighted by atomic mass is 10.1. The highest BCUT2D eigenvalue weighted by Gasteiger charge is 2.45. The second-order valence-electron chi connectivity index (χ2n) is 5.50. The third-order valence-corrected chi connectivity index (χ3v) is 5.60. The molecule has 0 heterocycles. The van der Waals surface area contributed by atoms with Crippen molar-refractivity contribution < 1.29 is 8.42 Å². The molecule has 1 aliphatic carbocycles. The van der Waals surface area contributed by atoms with Crippen LogP contribution in [0.3, 0.4) is 0 Å². The summed E-state index contributed by atoms with van der Waals surface area (Å²) in [7, 11) is -3.03. The van der Waals surface area contributed by atoms with Crippen LogP contribution in [-0.2, 0) is 15.6 Å². The largest absolute Gasteiger partial charge is 0.330 e. The van der Waals surface area contributed by atoms with Gasteiger partial charge < -0.3 is 5.73 Å². The van der Waals surface area contributed by atoms with E-state index in [-0.39, 0.29) is 11.2 Å². The Bertz CT molecular complexity index is 518. The monoisotopic (exact) mass is 267 g/mol. The summed E-state index contributed by atoms with van der Waals surface area (Å²) >= 11 is 0. The predicted octanol–water partition coefficient (Wildman–Crippen LogP) is 2.04. The quantitative estimate of drug-likeness (QED) is 0.858. The average molecular weight is 267 g/mol. The fourth-order valence-corrected chi connectivity index (χ4v) is 4.74. The van der Waals surface area contributed by atoms with Gasteiger partial charge in [0.05, 0.1) is 11.5 Å². The van der Waals surface area contributed by atoms with Gasteiger partial charge in [0, 0.05) is 0 Å². The van der Waals surface area contributed by atoms with Gasteiger partial charge in [0.1, 0.15) is 0 Å². The van der Waals surface area contributed by atoms with Crippen LogP contribution in [-0.4, -0.2) is 20.7 Å². The van der Waals surface area contributed by atoms with Crippen LogP contribution >= 0.6 is 0 Å². The fourth-order valence-electron chi connectivity index (χ4n) is 2.48. The van der Waals surface area contributed by atoms with E-state index in [1.54, 1.807) is 0 Å². The van der Waals surface area contributed by atoms with Gasteiger partial charge in [-0.2, -0.15) is 0 Å². The van der Waals surface area contributed by atoms with Crippen molar-refractivity contribution in [3.05, 3.63) is 35.4 Å². The first-order valence-electron chi connectivity index (χ1n) is 6.41. The first-order valence-corrected chi connectivity index (χ1v) is 8.24. The van der Waals surface area contributed by atoms with Crippen LogP contribution in [0.15, 0.2) is 24.3 Å². The van der Waals surface area contributed by atoms with Crippen molar-refractivity contribution in [3.8, 4) is 0 Å². The molecule has 1 aromatic rings. The molecule has 0 saturated heterocycles. The number of hydrogen-bond donors (Lipinski definition) is 1. The van der Waals surface area contributed by atoms with Crippen LogP contribution in [0.25, 0.3) is 0 Å². The Labute approximate surface area is 109 Å². The molecule has 1 aromatic carbocycles. The Morgan fingerprint density at radius 1 is 1.28 bits per heavy atom. The first-order chi connectivity index (χ1) is 8.46. The van der Waals surface area contributed by atoms with Gasteiger partial charge in [0.15, 0.2) is 9.84 Å². The van der Waals surface area contributed by atoms with Crippen molar-refractivity contribution in [2.75, 3.05) is 12.3 Å². The summed E-state index contributed by atoms with van der Waals surface area (Å²) in [6, 6.07) is 7.68. The van der Waals surface area contributed by atoms with Crippen molar-refractivity contribution >= 4 is 9.84 Å². The number of nitrogens with two attached hydrogens (primary N) is 1. The van der Waals surface area contributed by atoms with E-state index >= 15 is 0 Å². The number of benzene rings is 1. The zero-order valence-corrected chi connectivity index (χ0v) is 11.7. The van der Waals surface area contributed by atoms with Crippen LogP contribution in [0.4, 0.5) is 0 Å². The smallest absolute Gasteiger partial charge is 0.155 e. The number of aryl methyl sites for hydroxylation is 1. The molecule has 18 heavy (non-hydrogen) atoms. The zero-order valence-electron chi connectivity index (χ0n) is 10.9. The maximum atomic E-state index is 12.2. The topological polar surface area (TPSA) is 60.2 Å². The molecule has 0 amide bonds. The molecule has 1 fully saturated rings. The lowest BCUT2D eigenvalue weighted by Crippen LogP contribution is -2.21. The van der Waals surface area contributed by atoms with E-state index in [9.17, 15) is 8.42 Å². The normalized spacial score (nSPS) is 17.7. The van der Waals surface area contributed by atoms with E-state index in [1.165, 1.54) is 0 Å². The Kier molecular flexibility index (Phi) is 3.78. The maximum absolute atomic E-state index is 12.2. The van der Waals surface area contributed by atoms with Crippen molar-refractivity contribution in [1.29, 1.82) is 0 Å². The molecular weight excluding hydrogens is 246 g/mol. The highest BCUT2D eigenvalue weighted by atomic mass is 32.2. The Hall–Kier alpha value is -0.870. The molecule has 0 bridgehead atoms. The van der Waals surface area contributed by atoms with E-state index in [0.717, 1.165) is 30.4 Å². The van der Waals surface area contributed by atoms with E-state index in [1.807, 2.05) is 31.2 Å². The van der Waals surface area contributed by atoms with Gasteiger partial charge in [0.25, 0.3) is 0 Å². The molecule has 1 saturated carbocycles. The lowest BCUT2D eigenvalue weighted by molar-refractivity contribution is 0.510. The van der Waals surface area contributed by atoms with Crippen LogP contribution in [0.1, 0.15) is 30.4 Å². The number of rotatable bonds is 6. The third kappa shape index (κ3) is 3.33. The second-order valence-corrected chi connectivity index (χ2v) is 7.56. The zero-order chi connectivity index (χ0) is 13.2. The van der Waals surface area contributed by atoms with Gasteiger partial charge in [-0.05, 0) is 49.3 Å². The van der Waals surface area contributed by atoms with Gasteiger partial charge >= 0.3 is 0 Å². The van der Waals surface area contributed by atoms with Gasteiger partial charge in [0.2, 0.25) is 0 Å². The Balaban J connectivity index is 2.07. The van der Waals surface area contributed by atoms with Gasteiger partial charge in [-0.3, -0.25) is 0 Å². The molecule has 4 heteroatoms. The van der Waals surface area contributed by atoms with Gasteiger partial charge in [-0.1, -0.05) is 24.3 Å². The second kappa shape index (κ2) is 5.02. The minimum Gasteiger partial charge on any atom is -0.330 e. The molecule has 100 valence electrons. The van der Waals surface area contributed by atoms with E-state index in [4.69, 9.17) is 5.73 Å². The summed E-state index contributed by atoms with van der Waals surface area (Å²) in [6.07, 6.45) is 2.86. The van der Waals surface area contributed by atoms with Crippen molar-refractivity contribution in [2.24, 2.45) is 11.1 Å². The molecule has 0 aliphatic heterocycles. The Morgan fingerprint density at radius 2 is 1.94 bits per heavy atom. The van der Waals surface area contributed by atoms with Crippen molar-refractivity contribution in [2.45, 2.75) is 31.9 Å². The minimum absolute atomic E-state index is 0.00370. The number of sulfone groups is 1. The van der Waals surface area contributed by atoms with Crippen LogP contribution in [0.2, 0.25) is 0 Å². The van der Waals surface area contributed by atoms with Crippen LogP contribution < -0.4 is 5.73 Å². The van der Waals surface area contributed by atoms with E-state index < -0.39 is 9.84 Å². The Morgan fingerprint density at radius 3 is 2.50 bits per heavy atom. The molecule has 0 radical (unpaired) electrons. The van der Waals surface area contributed by atoms with Crippen molar-refractivity contribution in [3.63, 3.8) is 0 Å². The minimum atomic E-state index is -3.03. The lowest BCUT2D eigenvalue weighted by Gasteiger charge is -2.14. The molecular formula is C14H21NO2S. The molecule has 2 N–H and O–H groups in total. The summed E-state index contributed by atoms with van der Waals surface area (Å²) in [5, 5.41) is 0. The van der Waals surface area contributed by atoms with Gasteiger partial charge in [-0.25, -0.2) is 8.42 Å². The summed E-state index contributed by atoms with van der Waals surface area (Å²) < 4.78 is 24.5. The number of hydrogen-bond acceptors (Lipinski definition) is 3. The summed E-state index contributed by atoms with van der Waals surface area (Å²) in [5.41, 5.74) is 7.52. The summed E-state index contributed by atoms with van der Waals surface area (Å²) in [6.45, 7) is 2.54. The van der Waals surface area contributed by atoms with E-state index in [0.29, 0.717) is 12.3 Å². The standard InChI is InChI=1S/C14H21NO2S/c1-12-4-2-3-5-13(12)10-18(16,17)11-14(6-7-14)8-9-15/h2-5H,6-11,15H2,1H3. The molecule has 0 aromatic heterocycles. The summed E-state index contributed by atoms with van der Waals surface area (Å²) in [4.78, 5) is 0. The van der Waals surface area contributed by atoms with Crippen LogP contribution in [0.5, 0.6) is 0 Å². The average Bonchev–Trinajstić information content (AvgIpc) is 3.00. The molecule has 0 unspecified atom stereocenters. The predicted molar refractivity (Wildman–Crippen MR) is 74.0 cm³/mol. The summed E-state index contributed by atoms with van der Waals surface area (Å²) in [5.74, 6) is 0.456. The fraction of sp³-hybridized carbons (Fsp3) is 0.571. The first kappa shape index (κ1) is 13.6. The molecule has 1 aliphatic rings. The third-order valence-electron chi connectivity index (χ3n) is 3.79. The van der Waals surface area contributed by atoms with Crippen molar-refractivity contribution in [1.82, 2.24) is 0 Å².